The Kier molecular flexibility index (Phi) is 8.30. The van der Waals surface area contributed by atoms with Crippen LogP contribution in [0, 0.1) is 5.41 Å². The zero-order chi connectivity index (χ0) is 25.3. The third-order valence-electron chi connectivity index (χ3n) is 7.28. The van der Waals surface area contributed by atoms with E-state index in [1.54, 1.807) is 7.11 Å². The Morgan fingerprint density at radius 2 is 1.85 bits per heavy atom. The van der Waals surface area contributed by atoms with Crippen molar-refractivity contribution in [2.45, 2.75) is 116 Å². The van der Waals surface area contributed by atoms with Gasteiger partial charge in [-0.25, -0.2) is 4.98 Å². The van der Waals surface area contributed by atoms with E-state index in [1.807, 2.05) is 26.0 Å². The van der Waals surface area contributed by atoms with Gasteiger partial charge in [-0.3, -0.25) is 0 Å². The average Bonchev–Trinajstić information content (AvgIpc) is 3.23. The summed E-state index contributed by atoms with van der Waals surface area (Å²) in [6, 6.07) is 3.86. The SMILES string of the molecule is CCCCC(=N)Cc1nc(OC)ccc1C1O[C@H](CO[Si](C)(C)C(C)(C)C)[C@H]2OC(C)(C)O[C@@H]12. The molecule has 192 valence electrons. The van der Waals surface area contributed by atoms with E-state index in [0.717, 1.165) is 30.5 Å². The van der Waals surface area contributed by atoms with Crippen LogP contribution in [0.2, 0.25) is 18.1 Å². The minimum absolute atomic E-state index is 0.114. The van der Waals surface area contributed by atoms with Crippen molar-refractivity contribution in [1.82, 2.24) is 4.98 Å². The lowest BCUT2D eigenvalue weighted by Gasteiger charge is -2.37. The number of aromatic nitrogens is 1. The van der Waals surface area contributed by atoms with Gasteiger partial charge in [0.05, 0.1) is 19.4 Å². The maximum absolute atomic E-state index is 8.47. The molecular formula is C26H44N2O5Si. The average molecular weight is 493 g/mol. The van der Waals surface area contributed by atoms with E-state index in [0.29, 0.717) is 24.6 Å². The first-order valence-electron chi connectivity index (χ1n) is 12.5. The first kappa shape index (κ1) is 27.3. The molecule has 0 spiro atoms. The summed E-state index contributed by atoms with van der Waals surface area (Å²) in [4.78, 5) is 4.71. The maximum atomic E-state index is 8.47. The maximum Gasteiger partial charge on any atom is 0.213 e. The second kappa shape index (κ2) is 10.3. The van der Waals surface area contributed by atoms with Crippen molar-refractivity contribution < 1.29 is 23.4 Å². The van der Waals surface area contributed by atoms with Gasteiger partial charge in [0, 0.05) is 23.8 Å². The summed E-state index contributed by atoms with van der Waals surface area (Å²) in [5.41, 5.74) is 2.41. The Labute approximate surface area is 206 Å². The van der Waals surface area contributed by atoms with Crippen LogP contribution in [0.3, 0.4) is 0 Å². The van der Waals surface area contributed by atoms with E-state index in [-0.39, 0.29) is 29.5 Å². The molecule has 4 atom stereocenters. The Morgan fingerprint density at radius 1 is 1.18 bits per heavy atom. The molecule has 8 heteroatoms. The molecule has 0 aliphatic carbocycles. The molecule has 0 bridgehead atoms. The van der Waals surface area contributed by atoms with Crippen LogP contribution in [0.4, 0.5) is 0 Å². The standard InChI is InChI=1S/C26H44N2O5Si/c1-10-11-12-17(27)15-19-18(13-14-21(28-19)29-7)22-24-23(32-26(5,6)33-24)20(31-22)16-30-34(8,9)25(2,3)4/h13-14,20,22-24,27H,10-12,15-16H2,1-9H3/t20-,22?,23-,24+/m1/s1. The van der Waals surface area contributed by atoms with Crippen LogP contribution in [0.5, 0.6) is 5.88 Å². The predicted molar refractivity (Wildman–Crippen MR) is 136 cm³/mol. The summed E-state index contributed by atoms with van der Waals surface area (Å²) in [5, 5.41) is 8.59. The zero-order valence-electron chi connectivity index (χ0n) is 22.5. The summed E-state index contributed by atoms with van der Waals surface area (Å²) in [6.45, 7) is 17.7. The van der Waals surface area contributed by atoms with E-state index in [1.165, 1.54) is 0 Å². The topological polar surface area (TPSA) is 82.9 Å². The Bertz CT molecular complexity index is 867. The van der Waals surface area contributed by atoms with Gasteiger partial charge in [-0.05, 0) is 50.9 Å². The number of nitrogens with one attached hydrogen (secondary N) is 1. The normalized spacial score (nSPS) is 26.5. The number of ether oxygens (including phenoxy) is 4. The van der Waals surface area contributed by atoms with Gasteiger partial charge in [-0.1, -0.05) is 34.1 Å². The number of nitrogens with zero attached hydrogens (tertiary/aromatic N) is 1. The molecule has 7 nitrogen and oxygen atoms in total. The third kappa shape index (κ3) is 6.08. The van der Waals surface area contributed by atoms with Gasteiger partial charge in [0.1, 0.15) is 24.4 Å². The molecule has 0 amide bonds. The lowest BCUT2D eigenvalue weighted by atomic mass is 9.97. The Balaban J connectivity index is 1.87. The van der Waals surface area contributed by atoms with Crippen molar-refractivity contribution in [3.63, 3.8) is 0 Å². The number of rotatable bonds is 10. The molecule has 1 aromatic rings. The number of fused-ring (bicyclic) bond motifs is 1. The van der Waals surface area contributed by atoms with E-state index >= 15 is 0 Å². The zero-order valence-corrected chi connectivity index (χ0v) is 23.5. The molecule has 1 unspecified atom stereocenters. The molecule has 3 rings (SSSR count). The second-order valence-corrected chi connectivity index (χ2v) is 16.3. The molecule has 0 saturated carbocycles. The third-order valence-corrected chi connectivity index (χ3v) is 11.8. The van der Waals surface area contributed by atoms with Crippen LogP contribution in [0.1, 0.15) is 78.2 Å². The van der Waals surface area contributed by atoms with Crippen LogP contribution in [0.15, 0.2) is 12.1 Å². The lowest BCUT2D eigenvalue weighted by molar-refractivity contribution is -0.190. The highest BCUT2D eigenvalue weighted by Crippen LogP contribution is 2.47. The first-order chi connectivity index (χ1) is 15.8. The van der Waals surface area contributed by atoms with Gasteiger partial charge >= 0.3 is 0 Å². The molecule has 2 fully saturated rings. The van der Waals surface area contributed by atoms with Crippen LogP contribution < -0.4 is 4.74 Å². The van der Waals surface area contributed by atoms with E-state index in [9.17, 15) is 0 Å². The van der Waals surface area contributed by atoms with Crippen LogP contribution in [0.25, 0.3) is 0 Å². The monoisotopic (exact) mass is 492 g/mol. The van der Waals surface area contributed by atoms with Gasteiger partial charge in [-0.2, -0.15) is 0 Å². The molecule has 1 N–H and O–H groups in total. The Morgan fingerprint density at radius 3 is 2.47 bits per heavy atom. The molecule has 34 heavy (non-hydrogen) atoms. The highest BCUT2D eigenvalue weighted by molar-refractivity contribution is 6.74. The number of methoxy groups -OCH3 is 1. The number of hydrogen-bond acceptors (Lipinski definition) is 7. The second-order valence-electron chi connectivity index (χ2n) is 11.5. The van der Waals surface area contributed by atoms with Gasteiger partial charge < -0.3 is 28.8 Å². The van der Waals surface area contributed by atoms with Gasteiger partial charge in [0.2, 0.25) is 5.88 Å². The summed E-state index contributed by atoms with van der Waals surface area (Å²) in [5.74, 6) is -0.154. The molecular weight excluding hydrogens is 448 g/mol. The van der Waals surface area contributed by atoms with Gasteiger partial charge in [0.25, 0.3) is 0 Å². The van der Waals surface area contributed by atoms with Gasteiger partial charge in [0.15, 0.2) is 14.1 Å². The van der Waals surface area contributed by atoms with Crippen molar-refractivity contribution in [3.8, 4) is 5.88 Å². The quantitative estimate of drug-likeness (QED) is 0.327. The molecule has 2 aliphatic rings. The summed E-state index contributed by atoms with van der Waals surface area (Å²) < 4.78 is 31.2. The molecule has 3 heterocycles. The lowest BCUT2D eigenvalue weighted by Crippen LogP contribution is -2.44. The van der Waals surface area contributed by atoms with E-state index < -0.39 is 14.1 Å². The largest absolute Gasteiger partial charge is 0.481 e. The van der Waals surface area contributed by atoms with Crippen LogP contribution in [-0.2, 0) is 25.1 Å². The summed E-state index contributed by atoms with van der Waals surface area (Å²) >= 11 is 0. The minimum Gasteiger partial charge on any atom is -0.481 e. The molecule has 0 radical (unpaired) electrons. The van der Waals surface area contributed by atoms with Crippen LogP contribution >= 0.6 is 0 Å². The highest BCUT2D eigenvalue weighted by atomic mass is 28.4. The first-order valence-corrected chi connectivity index (χ1v) is 15.4. The molecule has 0 aromatic carbocycles. The van der Waals surface area contributed by atoms with E-state index in [4.69, 9.17) is 33.8 Å². The number of pyridine rings is 1. The molecule has 1 aromatic heterocycles. The molecule has 2 aliphatic heterocycles. The van der Waals surface area contributed by atoms with Crippen molar-refractivity contribution in [2.24, 2.45) is 0 Å². The van der Waals surface area contributed by atoms with Crippen molar-refractivity contribution in [2.75, 3.05) is 13.7 Å². The van der Waals surface area contributed by atoms with Crippen molar-refractivity contribution >= 4 is 14.0 Å². The smallest absolute Gasteiger partial charge is 0.213 e. The predicted octanol–water partition coefficient (Wildman–Crippen LogP) is 5.82. The number of unbranched alkanes of at least 4 members (excludes halogenated alkanes) is 1. The number of hydrogen-bond donors (Lipinski definition) is 1. The van der Waals surface area contributed by atoms with Crippen LogP contribution in [-0.4, -0.2) is 56.8 Å². The fourth-order valence-electron chi connectivity index (χ4n) is 4.26. The fraction of sp³-hybridized carbons (Fsp3) is 0.769. The molecule has 2 saturated heterocycles. The summed E-state index contributed by atoms with van der Waals surface area (Å²) in [6.07, 6.45) is 2.24. The van der Waals surface area contributed by atoms with Crippen molar-refractivity contribution in [3.05, 3.63) is 23.4 Å². The van der Waals surface area contributed by atoms with E-state index in [2.05, 4.69) is 40.8 Å². The Hall–Kier alpha value is -1.32. The fourth-order valence-corrected chi connectivity index (χ4v) is 5.27. The van der Waals surface area contributed by atoms with Crippen molar-refractivity contribution in [1.29, 1.82) is 5.41 Å². The highest BCUT2D eigenvalue weighted by Gasteiger charge is 2.56. The summed E-state index contributed by atoms with van der Waals surface area (Å²) in [7, 11) is -0.333. The van der Waals surface area contributed by atoms with Gasteiger partial charge in [-0.15, -0.1) is 0 Å². The minimum atomic E-state index is -1.94.